The van der Waals surface area contributed by atoms with Crippen molar-refractivity contribution >= 4 is 5.95 Å². The predicted octanol–water partition coefficient (Wildman–Crippen LogP) is 3.17. The van der Waals surface area contributed by atoms with Crippen LogP contribution in [0.2, 0.25) is 0 Å². The molecule has 146 valence electrons. The van der Waals surface area contributed by atoms with Gasteiger partial charge in [-0.3, -0.25) is 9.36 Å². The van der Waals surface area contributed by atoms with Gasteiger partial charge in [0.15, 0.2) is 0 Å². The fraction of sp³-hybridized carbons (Fsp3) is 0.412. The lowest BCUT2D eigenvalue weighted by Crippen LogP contribution is -2.47. The topological polar surface area (TPSA) is 67.6 Å². The normalized spacial score (nSPS) is 18.1. The Balaban J connectivity index is 2.10. The van der Waals surface area contributed by atoms with Gasteiger partial charge in [-0.05, 0) is 31.0 Å². The molecule has 1 aromatic heterocycles. The molecule has 1 aliphatic rings. The van der Waals surface area contributed by atoms with Gasteiger partial charge >= 0.3 is 6.18 Å². The molecule has 1 aromatic carbocycles. The molecule has 0 spiro atoms. The van der Waals surface area contributed by atoms with Crippen molar-refractivity contribution in [2.24, 2.45) is 0 Å². The number of methoxy groups -OCH3 is 1. The molecule has 27 heavy (non-hydrogen) atoms. The number of rotatable bonds is 3. The highest BCUT2D eigenvalue weighted by atomic mass is 19.4. The molecule has 1 aliphatic heterocycles. The third-order valence-corrected chi connectivity index (χ3v) is 4.68. The molecule has 0 amide bonds. The maximum atomic E-state index is 13.8. The summed E-state index contributed by atoms with van der Waals surface area (Å²) in [6.45, 7) is 1.64. The predicted molar refractivity (Wildman–Crippen MR) is 88.6 cm³/mol. The minimum absolute atomic E-state index is 0.0745. The van der Waals surface area contributed by atoms with Crippen LogP contribution in [-0.2, 0) is 0 Å². The summed E-state index contributed by atoms with van der Waals surface area (Å²) in [6, 6.07) is 4.15. The highest BCUT2D eigenvalue weighted by molar-refractivity contribution is 5.42. The van der Waals surface area contributed by atoms with E-state index in [9.17, 15) is 27.5 Å². The van der Waals surface area contributed by atoms with E-state index >= 15 is 0 Å². The lowest BCUT2D eigenvalue weighted by molar-refractivity contribution is -0.171. The Morgan fingerprint density at radius 1 is 1.30 bits per heavy atom. The zero-order chi connectivity index (χ0) is 19.9. The van der Waals surface area contributed by atoms with Crippen LogP contribution in [0, 0.1) is 5.82 Å². The molecule has 2 aromatic rings. The quantitative estimate of drug-likeness (QED) is 0.820. The van der Waals surface area contributed by atoms with Crippen molar-refractivity contribution in [1.82, 2.24) is 9.55 Å². The Morgan fingerprint density at radius 2 is 1.93 bits per heavy atom. The largest absolute Gasteiger partial charge is 0.497 e. The van der Waals surface area contributed by atoms with Gasteiger partial charge in [0, 0.05) is 6.54 Å². The monoisotopic (exact) mass is 387 g/mol. The molecule has 0 aliphatic carbocycles. The van der Waals surface area contributed by atoms with Crippen LogP contribution >= 0.6 is 0 Å². The summed E-state index contributed by atoms with van der Waals surface area (Å²) in [7, 11) is 1.50. The Hall–Kier alpha value is -2.78. The van der Waals surface area contributed by atoms with E-state index in [2.05, 4.69) is 4.98 Å². The molecular formula is C17H17F4N3O3. The molecule has 3 rings (SSSR count). The summed E-state index contributed by atoms with van der Waals surface area (Å²) in [4.78, 5) is 17.1. The second-order valence-electron chi connectivity index (χ2n) is 6.21. The molecule has 2 heterocycles. The molecule has 0 bridgehead atoms. The molecule has 0 fully saturated rings. The smallest absolute Gasteiger partial charge is 0.409 e. The van der Waals surface area contributed by atoms with Crippen molar-refractivity contribution in [1.29, 1.82) is 0 Å². The number of benzene rings is 1. The Kier molecular flexibility index (Phi) is 4.75. The van der Waals surface area contributed by atoms with Crippen LogP contribution in [0.5, 0.6) is 11.6 Å². The maximum Gasteiger partial charge on any atom is 0.409 e. The number of halogens is 4. The first-order chi connectivity index (χ1) is 12.6. The van der Waals surface area contributed by atoms with E-state index in [0.717, 1.165) is 5.56 Å². The average molecular weight is 387 g/mol. The number of hydrogen-bond acceptors (Lipinski definition) is 5. The highest BCUT2D eigenvalue weighted by Gasteiger charge is 2.47. The SMILES string of the molecule is COc1ccc(C(C)N2CC[C@H](C(F)(F)F)n3c2nc(O)c(F)c3=O)cc1. The minimum atomic E-state index is -4.75. The number of alkyl halides is 3. The Labute approximate surface area is 151 Å². The average Bonchev–Trinajstić information content (AvgIpc) is 2.64. The van der Waals surface area contributed by atoms with Crippen LogP contribution in [-0.4, -0.2) is 34.5 Å². The van der Waals surface area contributed by atoms with Gasteiger partial charge in [-0.15, -0.1) is 0 Å². The number of fused-ring (bicyclic) bond motifs is 1. The summed E-state index contributed by atoms with van der Waals surface area (Å²) >= 11 is 0. The molecule has 10 heteroatoms. The van der Waals surface area contributed by atoms with E-state index < -0.39 is 47.9 Å². The van der Waals surface area contributed by atoms with Crippen molar-refractivity contribution in [3.8, 4) is 11.6 Å². The van der Waals surface area contributed by atoms with Crippen molar-refractivity contribution in [2.45, 2.75) is 31.6 Å². The molecule has 0 radical (unpaired) electrons. The fourth-order valence-corrected chi connectivity index (χ4v) is 3.20. The van der Waals surface area contributed by atoms with Gasteiger partial charge in [0.25, 0.3) is 11.4 Å². The van der Waals surface area contributed by atoms with Gasteiger partial charge in [0.05, 0.1) is 13.2 Å². The summed E-state index contributed by atoms with van der Waals surface area (Å²) in [6.07, 6.45) is -5.19. The van der Waals surface area contributed by atoms with Crippen LogP contribution in [0.3, 0.4) is 0 Å². The number of ether oxygens (including phenoxy) is 1. The number of hydrogen-bond donors (Lipinski definition) is 1. The second kappa shape index (κ2) is 6.75. The zero-order valence-corrected chi connectivity index (χ0v) is 14.5. The highest BCUT2D eigenvalue weighted by Crippen LogP contribution is 2.40. The molecule has 0 saturated heterocycles. The third-order valence-electron chi connectivity index (χ3n) is 4.68. The first-order valence-corrected chi connectivity index (χ1v) is 8.13. The second-order valence-corrected chi connectivity index (χ2v) is 6.21. The number of aromatic hydroxyl groups is 1. The van der Waals surface area contributed by atoms with Crippen LogP contribution in [0.15, 0.2) is 29.1 Å². The van der Waals surface area contributed by atoms with E-state index in [0.29, 0.717) is 5.75 Å². The van der Waals surface area contributed by atoms with E-state index in [1.165, 1.54) is 12.0 Å². The number of nitrogens with zero attached hydrogens (tertiary/aromatic N) is 3. The molecule has 0 saturated carbocycles. The number of anilines is 1. The third kappa shape index (κ3) is 3.31. The Morgan fingerprint density at radius 3 is 2.48 bits per heavy atom. The first kappa shape index (κ1) is 19.0. The van der Waals surface area contributed by atoms with Gasteiger partial charge in [-0.1, -0.05) is 12.1 Å². The van der Waals surface area contributed by atoms with Crippen molar-refractivity contribution in [2.75, 3.05) is 18.6 Å². The lowest BCUT2D eigenvalue weighted by Gasteiger charge is -2.39. The molecule has 1 N–H and O–H groups in total. The van der Waals surface area contributed by atoms with Crippen LogP contribution < -0.4 is 15.2 Å². The standard InChI is InChI=1S/C17H17F4N3O3/c1-9(10-3-5-11(27-2)6-4-10)23-8-7-12(17(19,20)21)24-15(26)13(18)14(25)22-16(23)24/h3-6,9,12,25H,7-8H2,1-2H3/t9?,12-/m1/s1. The first-order valence-electron chi connectivity index (χ1n) is 8.13. The van der Waals surface area contributed by atoms with E-state index in [1.54, 1.807) is 31.2 Å². The van der Waals surface area contributed by atoms with Crippen LogP contribution in [0.4, 0.5) is 23.5 Å². The van der Waals surface area contributed by atoms with Gasteiger partial charge in [0.2, 0.25) is 11.8 Å². The number of aromatic nitrogens is 2. The Bertz CT molecular complexity index is 896. The van der Waals surface area contributed by atoms with E-state index in [4.69, 9.17) is 4.74 Å². The van der Waals surface area contributed by atoms with E-state index in [-0.39, 0.29) is 11.1 Å². The zero-order valence-electron chi connectivity index (χ0n) is 14.5. The summed E-state index contributed by atoms with van der Waals surface area (Å²) in [5.74, 6) is -2.74. The van der Waals surface area contributed by atoms with Crippen molar-refractivity contribution < 1.29 is 27.4 Å². The molecule has 2 atom stereocenters. The maximum absolute atomic E-state index is 13.8. The molecular weight excluding hydrogens is 370 g/mol. The van der Waals surface area contributed by atoms with Crippen LogP contribution in [0.25, 0.3) is 0 Å². The minimum Gasteiger partial charge on any atom is -0.497 e. The fourth-order valence-electron chi connectivity index (χ4n) is 3.20. The van der Waals surface area contributed by atoms with Gasteiger partial charge < -0.3 is 14.7 Å². The summed E-state index contributed by atoms with van der Waals surface area (Å²) in [5.41, 5.74) is -0.822. The van der Waals surface area contributed by atoms with E-state index in [1.807, 2.05) is 0 Å². The van der Waals surface area contributed by atoms with Crippen molar-refractivity contribution in [3.63, 3.8) is 0 Å². The summed E-state index contributed by atoms with van der Waals surface area (Å²) in [5, 5.41) is 9.56. The van der Waals surface area contributed by atoms with Crippen LogP contribution in [0.1, 0.15) is 31.0 Å². The van der Waals surface area contributed by atoms with Gasteiger partial charge in [-0.25, -0.2) is 0 Å². The summed E-state index contributed by atoms with van der Waals surface area (Å²) < 4.78 is 59.2. The van der Waals surface area contributed by atoms with Gasteiger partial charge in [0.1, 0.15) is 11.8 Å². The van der Waals surface area contributed by atoms with Crippen molar-refractivity contribution in [3.05, 3.63) is 46.0 Å². The lowest BCUT2D eigenvalue weighted by atomic mass is 10.0. The molecule has 6 nitrogen and oxygen atoms in total. The van der Waals surface area contributed by atoms with Gasteiger partial charge in [-0.2, -0.15) is 22.5 Å². The molecule has 1 unspecified atom stereocenters.